The first-order valence-corrected chi connectivity index (χ1v) is 6.43. The van der Waals surface area contributed by atoms with Crippen LogP contribution in [0.4, 0.5) is 0 Å². The van der Waals surface area contributed by atoms with E-state index in [1.165, 1.54) is 38.5 Å². The van der Waals surface area contributed by atoms with Crippen molar-refractivity contribution in [2.75, 3.05) is 20.7 Å². The highest BCUT2D eigenvalue weighted by Crippen LogP contribution is 2.06. The molecule has 0 aliphatic carbocycles. The van der Waals surface area contributed by atoms with Gasteiger partial charge in [0.1, 0.15) is 0 Å². The Morgan fingerprint density at radius 3 is 2.07 bits per heavy atom. The molecule has 0 rings (SSSR count). The number of unbranched alkanes of at least 4 members (excludes halogenated alkanes) is 6. The van der Waals surface area contributed by atoms with Gasteiger partial charge in [0.15, 0.2) is 0 Å². The Hall–Kier alpha value is -0.310. The number of ether oxygens (including phenoxy) is 1. The molecule has 15 heavy (non-hydrogen) atoms. The van der Waals surface area contributed by atoms with Crippen LogP contribution in [-0.4, -0.2) is 30.8 Å². The monoisotopic (exact) mass is 231 g/mol. The summed E-state index contributed by atoms with van der Waals surface area (Å²) in [7, 11) is 3.82. The maximum atomic E-state index is 5.39. The van der Waals surface area contributed by atoms with Gasteiger partial charge in [-0.25, -0.2) is 0 Å². The zero-order chi connectivity index (χ0) is 11.5. The fourth-order valence-corrected chi connectivity index (χ4v) is 1.43. The lowest BCUT2D eigenvalue weighted by atomic mass is 10.1. The largest absolute Gasteiger partial charge is 0.471 e. The van der Waals surface area contributed by atoms with E-state index < -0.39 is 0 Å². The summed E-state index contributed by atoms with van der Waals surface area (Å²) < 4.78 is 5.39. The van der Waals surface area contributed by atoms with Crippen LogP contribution in [0.3, 0.4) is 0 Å². The van der Waals surface area contributed by atoms with Crippen molar-refractivity contribution in [3.8, 4) is 0 Å². The van der Waals surface area contributed by atoms with E-state index in [0.29, 0.717) is 5.17 Å². The van der Waals surface area contributed by atoms with Crippen LogP contribution in [0.25, 0.3) is 0 Å². The maximum Gasteiger partial charge on any atom is 0.258 e. The molecule has 0 aromatic rings. The van der Waals surface area contributed by atoms with Crippen LogP contribution in [0.2, 0.25) is 0 Å². The first kappa shape index (κ1) is 14.7. The molecule has 0 saturated carbocycles. The third-order valence-electron chi connectivity index (χ3n) is 2.34. The first-order valence-electron chi connectivity index (χ1n) is 6.02. The predicted octanol–water partition coefficient (Wildman–Crippen LogP) is 3.60. The molecule has 0 fully saturated rings. The van der Waals surface area contributed by atoms with Crippen LogP contribution in [0.15, 0.2) is 0 Å². The molecule has 0 bridgehead atoms. The summed E-state index contributed by atoms with van der Waals surface area (Å²) in [6.45, 7) is 3.01. The van der Waals surface area contributed by atoms with Gasteiger partial charge in [-0.15, -0.1) is 0 Å². The van der Waals surface area contributed by atoms with Crippen LogP contribution in [0.1, 0.15) is 51.9 Å². The molecule has 0 unspecified atom stereocenters. The molecule has 0 spiro atoms. The number of thiocarbonyl (C=S) groups is 1. The molecular weight excluding hydrogens is 206 g/mol. The summed E-state index contributed by atoms with van der Waals surface area (Å²) in [5.74, 6) is 0. The van der Waals surface area contributed by atoms with E-state index in [0.717, 1.165) is 13.0 Å². The Morgan fingerprint density at radius 1 is 1.00 bits per heavy atom. The van der Waals surface area contributed by atoms with Gasteiger partial charge in [0.05, 0.1) is 6.61 Å². The lowest BCUT2D eigenvalue weighted by Crippen LogP contribution is -2.22. The second kappa shape index (κ2) is 10.2. The van der Waals surface area contributed by atoms with E-state index in [1.807, 2.05) is 19.0 Å². The molecule has 0 aliphatic rings. The third kappa shape index (κ3) is 9.98. The van der Waals surface area contributed by atoms with Gasteiger partial charge < -0.3 is 9.64 Å². The predicted molar refractivity (Wildman–Crippen MR) is 70.2 cm³/mol. The summed E-state index contributed by atoms with van der Waals surface area (Å²) in [5, 5.41) is 0.598. The van der Waals surface area contributed by atoms with E-state index in [4.69, 9.17) is 17.0 Å². The lowest BCUT2D eigenvalue weighted by molar-refractivity contribution is 0.260. The van der Waals surface area contributed by atoms with E-state index in [2.05, 4.69) is 6.92 Å². The molecule has 2 nitrogen and oxygen atoms in total. The highest BCUT2D eigenvalue weighted by molar-refractivity contribution is 7.80. The van der Waals surface area contributed by atoms with E-state index in [9.17, 15) is 0 Å². The molecule has 0 heterocycles. The molecular formula is C12H25NOS. The standard InChI is InChI=1S/C12H25NOS/c1-4-5-6-7-8-9-10-11-14-12(15)13(2)3/h4-11H2,1-3H3. The normalized spacial score (nSPS) is 10.1. The minimum absolute atomic E-state index is 0.598. The van der Waals surface area contributed by atoms with Crippen LogP contribution >= 0.6 is 12.2 Å². The average Bonchev–Trinajstić information content (AvgIpc) is 2.21. The second-order valence-corrected chi connectivity index (χ2v) is 4.48. The summed E-state index contributed by atoms with van der Waals surface area (Å²) in [5.41, 5.74) is 0. The quantitative estimate of drug-likeness (QED) is 0.468. The van der Waals surface area contributed by atoms with Crippen molar-refractivity contribution < 1.29 is 4.74 Å². The zero-order valence-electron chi connectivity index (χ0n) is 10.4. The topological polar surface area (TPSA) is 12.5 Å². The summed E-state index contributed by atoms with van der Waals surface area (Å²) in [6.07, 6.45) is 9.17. The van der Waals surface area contributed by atoms with Gasteiger partial charge in [0, 0.05) is 14.1 Å². The summed E-state index contributed by atoms with van der Waals surface area (Å²) in [4.78, 5) is 1.83. The molecule has 0 atom stereocenters. The molecule has 0 saturated heterocycles. The molecule has 0 aromatic heterocycles. The Balaban J connectivity index is 3.08. The molecule has 0 aliphatic heterocycles. The Kier molecular flexibility index (Phi) is 10.0. The van der Waals surface area contributed by atoms with Gasteiger partial charge in [0.25, 0.3) is 5.17 Å². The zero-order valence-corrected chi connectivity index (χ0v) is 11.2. The van der Waals surface area contributed by atoms with Crippen molar-refractivity contribution in [3.63, 3.8) is 0 Å². The van der Waals surface area contributed by atoms with Gasteiger partial charge >= 0.3 is 0 Å². The minimum Gasteiger partial charge on any atom is -0.471 e. The number of hydrogen-bond acceptors (Lipinski definition) is 2. The smallest absolute Gasteiger partial charge is 0.258 e. The van der Waals surface area contributed by atoms with Gasteiger partial charge in [-0.3, -0.25) is 0 Å². The molecule has 90 valence electrons. The minimum atomic E-state index is 0.598. The van der Waals surface area contributed by atoms with Crippen molar-refractivity contribution in [2.24, 2.45) is 0 Å². The molecule has 0 N–H and O–H groups in total. The Bertz CT molecular complexity index is 160. The number of hydrogen-bond donors (Lipinski definition) is 0. The van der Waals surface area contributed by atoms with Crippen LogP contribution < -0.4 is 0 Å². The molecule has 0 radical (unpaired) electrons. The molecule has 3 heteroatoms. The highest BCUT2D eigenvalue weighted by Gasteiger charge is 1.98. The van der Waals surface area contributed by atoms with Crippen molar-refractivity contribution in [2.45, 2.75) is 51.9 Å². The number of rotatable bonds is 8. The van der Waals surface area contributed by atoms with Crippen molar-refractivity contribution in [1.82, 2.24) is 4.90 Å². The van der Waals surface area contributed by atoms with Gasteiger partial charge in [-0.2, -0.15) is 0 Å². The van der Waals surface area contributed by atoms with Gasteiger partial charge in [-0.1, -0.05) is 45.4 Å². The second-order valence-electron chi connectivity index (χ2n) is 4.13. The van der Waals surface area contributed by atoms with Crippen molar-refractivity contribution in [1.29, 1.82) is 0 Å². The van der Waals surface area contributed by atoms with Crippen molar-refractivity contribution >= 4 is 17.4 Å². The van der Waals surface area contributed by atoms with Crippen LogP contribution in [0, 0.1) is 0 Å². The van der Waals surface area contributed by atoms with Crippen molar-refractivity contribution in [3.05, 3.63) is 0 Å². The van der Waals surface area contributed by atoms with Gasteiger partial charge in [-0.05, 0) is 18.6 Å². The third-order valence-corrected chi connectivity index (χ3v) is 2.82. The van der Waals surface area contributed by atoms with Gasteiger partial charge in [0.2, 0.25) is 0 Å². The Labute approximate surface area is 100.0 Å². The summed E-state index contributed by atoms with van der Waals surface area (Å²) in [6, 6.07) is 0. The fraction of sp³-hybridized carbons (Fsp3) is 0.917. The van der Waals surface area contributed by atoms with E-state index >= 15 is 0 Å². The fourth-order valence-electron chi connectivity index (χ4n) is 1.35. The number of nitrogens with zero attached hydrogens (tertiary/aromatic N) is 1. The Morgan fingerprint density at radius 2 is 1.53 bits per heavy atom. The SMILES string of the molecule is CCCCCCCCCOC(=S)N(C)C. The molecule has 0 aromatic carbocycles. The summed E-state index contributed by atoms with van der Waals surface area (Å²) >= 11 is 5.02. The lowest BCUT2D eigenvalue weighted by Gasteiger charge is -2.14. The van der Waals surface area contributed by atoms with E-state index in [1.54, 1.807) is 0 Å². The van der Waals surface area contributed by atoms with Crippen LogP contribution in [-0.2, 0) is 4.74 Å². The maximum absolute atomic E-state index is 5.39. The highest BCUT2D eigenvalue weighted by atomic mass is 32.1. The first-order chi connectivity index (χ1) is 7.18. The van der Waals surface area contributed by atoms with Crippen LogP contribution in [0.5, 0.6) is 0 Å². The average molecular weight is 231 g/mol. The van der Waals surface area contributed by atoms with E-state index in [-0.39, 0.29) is 0 Å². The molecule has 0 amide bonds.